The average molecular weight is 284 g/mol. The van der Waals surface area contributed by atoms with Gasteiger partial charge in [0.25, 0.3) is 0 Å². The minimum Gasteiger partial charge on any atom is -0.372 e. The van der Waals surface area contributed by atoms with Crippen LogP contribution in [-0.2, 0) is 9.53 Å². The van der Waals surface area contributed by atoms with Gasteiger partial charge in [-0.05, 0) is 19.3 Å². The van der Waals surface area contributed by atoms with Crippen molar-refractivity contribution < 1.29 is 22.7 Å². The molecule has 19 heavy (non-hydrogen) atoms. The Balaban J connectivity index is 4.02. The largest absolute Gasteiger partial charge is 0.411 e. The molecule has 0 aromatic rings. The Morgan fingerprint density at radius 3 is 2.37 bits per heavy atom. The molecule has 0 radical (unpaired) electrons. The van der Waals surface area contributed by atoms with Crippen molar-refractivity contribution in [2.24, 2.45) is 11.7 Å². The van der Waals surface area contributed by atoms with Crippen molar-refractivity contribution in [3.8, 4) is 0 Å². The number of halogens is 3. The number of amides is 1. The molecular formula is C12H23F3N2O2. The lowest BCUT2D eigenvalue weighted by molar-refractivity contribution is -0.174. The maximum atomic E-state index is 11.8. The van der Waals surface area contributed by atoms with Crippen molar-refractivity contribution in [1.82, 2.24) is 5.32 Å². The van der Waals surface area contributed by atoms with E-state index in [1.165, 1.54) is 0 Å². The number of carbonyl (C=O) groups excluding carboxylic acids is 1. The predicted octanol–water partition coefficient (Wildman–Crippen LogP) is 1.84. The molecule has 0 rings (SSSR count). The smallest absolute Gasteiger partial charge is 0.372 e. The van der Waals surface area contributed by atoms with Crippen molar-refractivity contribution in [2.75, 3.05) is 19.8 Å². The lowest BCUT2D eigenvalue weighted by Crippen LogP contribution is -2.52. The van der Waals surface area contributed by atoms with Crippen LogP contribution in [0.1, 0.15) is 33.6 Å². The first-order valence-electron chi connectivity index (χ1n) is 6.23. The summed E-state index contributed by atoms with van der Waals surface area (Å²) in [5, 5.41) is 2.75. The maximum absolute atomic E-state index is 11.8. The van der Waals surface area contributed by atoms with Gasteiger partial charge in [0, 0.05) is 18.5 Å². The summed E-state index contributed by atoms with van der Waals surface area (Å²) in [5.41, 5.74) is 5.09. The van der Waals surface area contributed by atoms with Crippen molar-refractivity contribution in [2.45, 2.75) is 45.3 Å². The molecule has 0 aliphatic rings. The zero-order valence-corrected chi connectivity index (χ0v) is 11.6. The van der Waals surface area contributed by atoms with Crippen LogP contribution in [0.3, 0.4) is 0 Å². The van der Waals surface area contributed by atoms with Gasteiger partial charge in [-0.25, -0.2) is 0 Å². The summed E-state index contributed by atoms with van der Waals surface area (Å²) in [6.07, 6.45) is -3.76. The molecule has 0 bridgehead atoms. The number of hydrogen-bond donors (Lipinski definition) is 2. The number of carbonyl (C=O) groups is 1. The van der Waals surface area contributed by atoms with Gasteiger partial charge in [-0.3, -0.25) is 4.79 Å². The standard InChI is InChI=1S/C12H23F3N2O2/c1-9(2)6-11(3,7-16)17-10(18)4-5-19-8-12(13,14)15/h9H,4-8,16H2,1-3H3,(H,17,18). The molecule has 4 nitrogen and oxygen atoms in total. The van der Waals surface area contributed by atoms with Crippen LogP contribution in [-0.4, -0.2) is 37.4 Å². The van der Waals surface area contributed by atoms with Crippen LogP contribution < -0.4 is 11.1 Å². The third-order valence-electron chi connectivity index (χ3n) is 2.49. The number of alkyl halides is 3. The van der Waals surface area contributed by atoms with E-state index in [2.05, 4.69) is 10.1 Å². The summed E-state index contributed by atoms with van der Waals surface area (Å²) < 4.78 is 39.8. The van der Waals surface area contributed by atoms with Gasteiger partial charge in [0.15, 0.2) is 0 Å². The van der Waals surface area contributed by atoms with E-state index in [1.54, 1.807) is 0 Å². The summed E-state index contributed by atoms with van der Waals surface area (Å²) in [5.74, 6) is 0.00565. The summed E-state index contributed by atoms with van der Waals surface area (Å²) in [7, 11) is 0. The zero-order chi connectivity index (χ0) is 15.1. The van der Waals surface area contributed by atoms with Crippen LogP contribution in [0, 0.1) is 5.92 Å². The SMILES string of the molecule is CC(C)CC(C)(CN)NC(=O)CCOCC(F)(F)F. The molecule has 0 saturated carbocycles. The molecule has 0 saturated heterocycles. The van der Waals surface area contributed by atoms with Crippen LogP contribution in [0.15, 0.2) is 0 Å². The maximum Gasteiger partial charge on any atom is 0.411 e. The number of ether oxygens (including phenoxy) is 1. The van der Waals surface area contributed by atoms with E-state index in [4.69, 9.17) is 5.73 Å². The van der Waals surface area contributed by atoms with E-state index in [9.17, 15) is 18.0 Å². The molecule has 0 aromatic heterocycles. The highest BCUT2D eigenvalue weighted by Crippen LogP contribution is 2.16. The van der Waals surface area contributed by atoms with Crippen LogP contribution in [0.2, 0.25) is 0 Å². The molecule has 114 valence electrons. The lowest BCUT2D eigenvalue weighted by Gasteiger charge is -2.31. The van der Waals surface area contributed by atoms with Crippen molar-refractivity contribution >= 4 is 5.91 Å². The van der Waals surface area contributed by atoms with Gasteiger partial charge in [-0.2, -0.15) is 13.2 Å². The van der Waals surface area contributed by atoms with Crippen LogP contribution in [0.25, 0.3) is 0 Å². The van der Waals surface area contributed by atoms with E-state index < -0.39 is 18.3 Å². The van der Waals surface area contributed by atoms with Gasteiger partial charge < -0.3 is 15.8 Å². The third-order valence-corrected chi connectivity index (χ3v) is 2.49. The fourth-order valence-electron chi connectivity index (χ4n) is 1.84. The van der Waals surface area contributed by atoms with Crippen LogP contribution >= 0.6 is 0 Å². The molecular weight excluding hydrogens is 261 g/mol. The van der Waals surface area contributed by atoms with Crippen LogP contribution in [0.5, 0.6) is 0 Å². The fraction of sp³-hybridized carbons (Fsp3) is 0.917. The second-order valence-corrected chi connectivity index (χ2v) is 5.33. The molecule has 0 aliphatic carbocycles. The Labute approximate surface area is 111 Å². The number of nitrogens with two attached hydrogens (primary N) is 1. The van der Waals surface area contributed by atoms with Gasteiger partial charge in [0.05, 0.1) is 6.61 Å². The van der Waals surface area contributed by atoms with E-state index in [-0.39, 0.29) is 25.5 Å². The molecule has 3 N–H and O–H groups in total. The Hall–Kier alpha value is -0.820. The Kier molecular flexibility index (Phi) is 7.36. The van der Waals surface area contributed by atoms with E-state index in [0.717, 1.165) is 0 Å². The Bertz CT molecular complexity index is 283. The minimum absolute atomic E-state index is 0.107. The van der Waals surface area contributed by atoms with Crippen molar-refractivity contribution in [3.63, 3.8) is 0 Å². The lowest BCUT2D eigenvalue weighted by atomic mass is 9.90. The normalized spacial score (nSPS) is 15.4. The summed E-state index contributed by atoms with van der Waals surface area (Å²) in [6, 6.07) is 0. The number of rotatable bonds is 8. The molecule has 0 spiro atoms. The van der Waals surface area contributed by atoms with Gasteiger partial charge in [-0.15, -0.1) is 0 Å². The first-order chi connectivity index (χ1) is 8.58. The second kappa shape index (κ2) is 7.69. The summed E-state index contributed by atoms with van der Waals surface area (Å²) in [6.45, 7) is 4.52. The first-order valence-corrected chi connectivity index (χ1v) is 6.23. The second-order valence-electron chi connectivity index (χ2n) is 5.33. The quantitative estimate of drug-likeness (QED) is 0.668. The van der Waals surface area contributed by atoms with E-state index in [1.807, 2.05) is 20.8 Å². The number of nitrogens with one attached hydrogen (secondary N) is 1. The molecule has 1 atom stereocenters. The van der Waals surface area contributed by atoms with Gasteiger partial charge in [0.1, 0.15) is 6.61 Å². The molecule has 7 heteroatoms. The molecule has 0 heterocycles. The summed E-state index contributed by atoms with van der Waals surface area (Å²) >= 11 is 0. The fourth-order valence-corrected chi connectivity index (χ4v) is 1.84. The molecule has 1 amide bonds. The highest BCUT2D eigenvalue weighted by atomic mass is 19.4. The highest BCUT2D eigenvalue weighted by Gasteiger charge is 2.28. The monoisotopic (exact) mass is 284 g/mol. The molecule has 0 fully saturated rings. The highest BCUT2D eigenvalue weighted by molar-refractivity contribution is 5.76. The van der Waals surface area contributed by atoms with Gasteiger partial charge in [-0.1, -0.05) is 13.8 Å². The molecule has 0 aliphatic heterocycles. The van der Waals surface area contributed by atoms with Crippen LogP contribution in [0.4, 0.5) is 13.2 Å². The molecule has 1 unspecified atom stereocenters. The topological polar surface area (TPSA) is 64.3 Å². The first kappa shape index (κ1) is 18.2. The van der Waals surface area contributed by atoms with Gasteiger partial charge >= 0.3 is 6.18 Å². The Morgan fingerprint density at radius 1 is 1.37 bits per heavy atom. The Morgan fingerprint density at radius 2 is 1.95 bits per heavy atom. The van der Waals surface area contributed by atoms with Crippen molar-refractivity contribution in [3.05, 3.63) is 0 Å². The third kappa shape index (κ3) is 9.72. The van der Waals surface area contributed by atoms with Gasteiger partial charge in [0.2, 0.25) is 5.91 Å². The van der Waals surface area contributed by atoms with E-state index >= 15 is 0 Å². The zero-order valence-electron chi connectivity index (χ0n) is 11.6. The average Bonchev–Trinajstić information content (AvgIpc) is 2.22. The van der Waals surface area contributed by atoms with E-state index in [0.29, 0.717) is 12.3 Å². The minimum atomic E-state index is -4.36. The number of hydrogen-bond acceptors (Lipinski definition) is 3. The van der Waals surface area contributed by atoms with Crippen molar-refractivity contribution in [1.29, 1.82) is 0 Å². The predicted molar refractivity (Wildman–Crippen MR) is 66.5 cm³/mol. The molecule has 0 aromatic carbocycles. The summed E-state index contributed by atoms with van der Waals surface area (Å²) in [4.78, 5) is 11.6.